The van der Waals surface area contributed by atoms with Gasteiger partial charge in [0.15, 0.2) is 6.10 Å². The molecule has 126 valence electrons. The highest BCUT2D eigenvalue weighted by molar-refractivity contribution is 6.42. The van der Waals surface area contributed by atoms with Gasteiger partial charge in [-0.05, 0) is 38.3 Å². The van der Waals surface area contributed by atoms with Gasteiger partial charge in [-0.3, -0.25) is 9.59 Å². The lowest BCUT2D eigenvalue weighted by atomic mass is 9.98. The first-order valence-corrected chi connectivity index (χ1v) is 8.35. The third kappa shape index (κ3) is 4.52. The zero-order chi connectivity index (χ0) is 17.0. The smallest absolute Gasteiger partial charge is 0.263 e. The van der Waals surface area contributed by atoms with Crippen molar-refractivity contribution in [3.8, 4) is 5.75 Å². The van der Waals surface area contributed by atoms with E-state index in [4.69, 9.17) is 33.7 Å². The summed E-state index contributed by atoms with van der Waals surface area (Å²) in [6, 6.07) is 4.86. The molecule has 0 spiro atoms. The van der Waals surface area contributed by atoms with Crippen LogP contribution in [-0.4, -0.2) is 35.4 Å². The topological polar surface area (TPSA) is 72.6 Å². The lowest BCUT2D eigenvalue weighted by Crippen LogP contribution is -2.50. The van der Waals surface area contributed by atoms with Crippen molar-refractivity contribution in [3.05, 3.63) is 28.2 Å². The maximum absolute atomic E-state index is 12.7. The number of hydrogen-bond donors (Lipinski definition) is 1. The molecule has 5 nitrogen and oxygen atoms in total. The van der Waals surface area contributed by atoms with Gasteiger partial charge in [0.05, 0.1) is 5.02 Å². The Morgan fingerprint density at radius 2 is 2.13 bits per heavy atom. The molecule has 1 heterocycles. The molecular weight excluding hydrogens is 339 g/mol. The molecule has 0 saturated carbocycles. The van der Waals surface area contributed by atoms with E-state index in [9.17, 15) is 9.59 Å². The Balaban J connectivity index is 2.08. The average molecular weight is 359 g/mol. The summed E-state index contributed by atoms with van der Waals surface area (Å²) < 4.78 is 5.67. The van der Waals surface area contributed by atoms with Crippen LogP contribution in [0.25, 0.3) is 0 Å². The normalized spacial score (nSPS) is 19.3. The Morgan fingerprint density at radius 3 is 2.83 bits per heavy atom. The van der Waals surface area contributed by atoms with Crippen LogP contribution >= 0.6 is 23.2 Å². The molecule has 2 N–H and O–H groups in total. The number of ether oxygens (including phenoxy) is 1. The highest BCUT2D eigenvalue weighted by Crippen LogP contribution is 2.32. The summed E-state index contributed by atoms with van der Waals surface area (Å²) in [7, 11) is 0. The first-order valence-electron chi connectivity index (χ1n) is 7.59. The molecule has 0 aliphatic carbocycles. The zero-order valence-electron chi connectivity index (χ0n) is 12.9. The summed E-state index contributed by atoms with van der Waals surface area (Å²) in [6.07, 6.45) is 2.12. The molecule has 2 amide bonds. The fourth-order valence-electron chi connectivity index (χ4n) is 2.78. The molecule has 1 aliphatic heterocycles. The summed E-state index contributed by atoms with van der Waals surface area (Å²) >= 11 is 12.0. The molecule has 2 rings (SSSR count). The van der Waals surface area contributed by atoms with E-state index in [1.165, 1.54) is 0 Å². The molecule has 1 aliphatic rings. The van der Waals surface area contributed by atoms with Crippen LogP contribution < -0.4 is 10.5 Å². The number of nitrogens with two attached hydrogens (primary N) is 1. The molecular formula is C16H20Cl2N2O3. The highest BCUT2D eigenvalue weighted by atomic mass is 35.5. The minimum absolute atomic E-state index is 0.158. The Bertz CT molecular complexity index is 595. The monoisotopic (exact) mass is 358 g/mol. The summed E-state index contributed by atoms with van der Waals surface area (Å²) in [6.45, 7) is 2.27. The quantitative estimate of drug-likeness (QED) is 0.878. The number of hydrogen-bond acceptors (Lipinski definition) is 3. The number of rotatable bonds is 5. The number of benzene rings is 1. The third-order valence-electron chi connectivity index (χ3n) is 3.91. The highest BCUT2D eigenvalue weighted by Gasteiger charge is 2.31. The Kier molecular flexibility index (Phi) is 6.13. The van der Waals surface area contributed by atoms with Crippen molar-refractivity contribution in [1.82, 2.24) is 4.90 Å². The van der Waals surface area contributed by atoms with E-state index in [-0.39, 0.29) is 23.4 Å². The van der Waals surface area contributed by atoms with Crippen molar-refractivity contribution in [2.75, 3.05) is 6.54 Å². The molecule has 1 saturated heterocycles. The van der Waals surface area contributed by atoms with Crippen molar-refractivity contribution in [1.29, 1.82) is 0 Å². The standard InChI is InChI=1S/C16H20Cl2N2O3/c1-10(23-13-7-4-6-12(17)15(13)18)16(22)20-8-3-2-5-11(20)9-14(19)21/h4,6-7,10-11H,2-3,5,8-9H2,1H3,(H2,19,21). The van der Waals surface area contributed by atoms with E-state index in [2.05, 4.69) is 0 Å². The largest absolute Gasteiger partial charge is 0.479 e. The molecule has 0 bridgehead atoms. The van der Waals surface area contributed by atoms with Gasteiger partial charge in [-0.1, -0.05) is 29.3 Å². The molecule has 1 fully saturated rings. The van der Waals surface area contributed by atoms with Crippen LogP contribution in [0.4, 0.5) is 0 Å². The van der Waals surface area contributed by atoms with Crippen LogP contribution in [0.15, 0.2) is 18.2 Å². The minimum atomic E-state index is -0.723. The number of carbonyl (C=O) groups is 2. The second kappa shape index (κ2) is 7.88. The number of carbonyl (C=O) groups excluding carboxylic acids is 2. The van der Waals surface area contributed by atoms with Gasteiger partial charge in [-0.15, -0.1) is 0 Å². The van der Waals surface area contributed by atoms with Crippen molar-refractivity contribution in [3.63, 3.8) is 0 Å². The van der Waals surface area contributed by atoms with Gasteiger partial charge >= 0.3 is 0 Å². The van der Waals surface area contributed by atoms with Gasteiger partial charge < -0.3 is 15.4 Å². The number of piperidine rings is 1. The molecule has 0 aromatic heterocycles. The summed E-state index contributed by atoms with van der Waals surface area (Å²) in [4.78, 5) is 25.6. The van der Waals surface area contributed by atoms with Crippen LogP contribution in [0.2, 0.25) is 10.0 Å². The SMILES string of the molecule is CC(Oc1cccc(Cl)c1Cl)C(=O)N1CCCCC1CC(N)=O. The molecule has 23 heavy (non-hydrogen) atoms. The lowest BCUT2D eigenvalue weighted by Gasteiger charge is -2.36. The Hall–Kier alpha value is -1.46. The average Bonchev–Trinajstić information content (AvgIpc) is 2.51. The first kappa shape index (κ1) is 17.9. The molecule has 1 aromatic rings. The lowest BCUT2D eigenvalue weighted by molar-refractivity contribution is -0.142. The first-order chi connectivity index (χ1) is 10.9. The predicted octanol–water partition coefficient (Wildman–Crippen LogP) is 3.02. The van der Waals surface area contributed by atoms with Gasteiger partial charge in [-0.2, -0.15) is 0 Å². The van der Waals surface area contributed by atoms with E-state index >= 15 is 0 Å². The minimum Gasteiger partial charge on any atom is -0.479 e. The Labute approximate surface area is 145 Å². The van der Waals surface area contributed by atoms with E-state index < -0.39 is 12.0 Å². The fourth-order valence-corrected chi connectivity index (χ4v) is 3.12. The second-order valence-corrected chi connectivity index (χ2v) is 6.45. The van der Waals surface area contributed by atoms with E-state index in [0.29, 0.717) is 17.3 Å². The molecule has 2 atom stereocenters. The predicted molar refractivity (Wildman–Crippen MR) is 89.7 cm³/mol. The van der Waals surface area contributed by atoms with Gasteiger partial charge in [-0.25, -0.2) is 0 Å². The van der Waals surface area contributed by atoms with E-state index in [1.807, 2.05) is 0 Å². The van der Waals surface area contributed by atoms with Crippen molar-refractivity contribution in [2.24, 2.45) is 5.73 Å². The van der Waals surface area contributed by atoms with Crippen molar-refractivity contribution in [2.45, 2.75) is 44.8 Å². The zero-order valence-corrected chi connectivity index (χ0v) is 14.4. The van der Waals surface area contributed by atoms with Crippen molar-refractivity contribution < 1.29 is 14.3 Å². The van der Waals surface area contributed by atoms with Crippen molar-refractivity contribution >= 4 is 35.0 Å². The van der Waals surface area contributed by atoms with Crippen LogP contribution in [-0.2, 0) is 9.59 Å². The van der Waals surface area contributed by atoms with Gasteiger partial charge in [0, 0.05) is 19.0 Å². The second-order valence-electron chi connectivity index (χ2n) is 5.66. The fraction of sp³-hybridized carbons (Fsp3) is 0.500. The van der Waals surface area contributed by atoms with Crippen LogP contribution in [0.1, 0.15) is 32.6 Å². The summed E-state index contributed by atoms with van der Waals surface area (Å²) in [5.41, 5.74) is 5.28. The third-order valence-corrected chi connectivity index (χ3v) is 4.72. The number of halogens is 2. The van der Waals surface area contributed by atoms with E-state index in [1.54, 1.807) is 30.0 Å². The molecule has 7 heteroatoms. The molecule has 2 unspecified atom stereocenters. The van der Waals surface area contributed by atoms with E-state index in [0.717, 1.165) is 19.3 Å². The number of amides is 2. The van der Waals surface area contributed by atoms with Crippen LogP contribution in [0.5, 0.6) is 5.75 Å². The maximum Gasteiger partial charge on any atom is 0.263 e. The Morgan fingerprint density at radius 1 is 1.39 bits per heavy atom. The number of primary amides is 1. The molecule has 1 aromatic carbocycles. The van der Waals surface area contributed by atoms with Gasteiger partial charge in [0.2, 0.25) is 5.91 Å². The number of likely N-dealkylation sites (tertiary alicyclic amines) is 1. The van der Waals surface area contributed by atoms with Crippen LogP contribution in [0, 0.1) is 0 Å². The number of nitrogens with zero attached hydrogens (tertiary/aromatic N) is 1. The van der Waals surface area contributed by atoms with Gasteiger partial charge in [0.25, 0.3) is 5.91 Å². The summed E-state index contributed by atoms with van der Waals surface area (Å²) in [5.74, 6) is -0.211. The maximum atomic E-state index is 12.7. The summed E-state index contributed by atoms with van der Waals surface area (Å²) in [5, 5.41) is 0.648. The molecule has 0 radical (unpaired) electrons. The van der Waals surface area contributed by atoms with Gasteiger partial charge in [0.1, 0.15) is 10.8 Å². The van der Waals surface area contributed by atoms with Crippen LogP contribution in [0.3, 0.4) is 0 Å².